The first-order chi connectivity index (χ1) is 11.3. The van der Waals surface area contributed by atoms with Gasteiger partial charge in [0.1, 0.15) is 24.2 Å². The number of hydrogen-bond acceptors (Lipinski definition) is 4. The largest absolute Gasteiger partial charge is 0.490 e. The average molecular weight is 314 g/mol. The third-order valence-electron chi connectivity index (χ3n) is 3.92. The van der Waals surface area contributed by atoms with Crippen molar-refractivity contribution >= 4 is 0 Å². The summed E-state index contributed by atoms with van der Waals surface area (Å²) in [6.07, 6.45) is 1.89. The van der Waals surface area contributed by atoms with E-state index in [2.05, 4.69) is 0 Å². The van der Waals surface area contributed by atoms with Crippen LogP contribution in [0.3, 0.4) is 0 Å². The molecule has 0 radical (unpaired) electrons. The highest BCUT2D eigenvalue weighted by atomic mass is 16.5. The summed E-state index contributed by atoms with van der Waals surface area (Å²) in [7, 11) is 0. The van der Waals surface area contributed by atoms with E-state index in [-0.39, 0.29) is 12.7 Å². The summed E-state index contributed by atoms with van der Waals surface area (Å²) in [6.45, 7) is 1.92. The molecule has 0 aliphatic carbocycles. The maximum atomic E-state index is 9.50. The van der Waals surface area contributed by atoms with E-state index in [1.54, 1.807) is 0 Å². The summed E-state index contributed by atoms with van der Waals surface area (Å²) in [5.41, 5.74) is 1.90. The van der Waals surface area contributed by atoms with Gasteiger partial charge in [0.05, 0.1) is 19.8 Å². The molecule has 1 N–H and O–H groups in total. The Balaban J connectivity index is 1.67. The lowest BCUT2D eigenvalue weighted by Crippen LogP contribution is -2.26. The molecular weight excluding hydrogens is 292 g/mol. The van der Waals surface area contributed by atoms with Gasteiger partial charge in [0.25, 0.3) is 0 Å². The van der Waals surface area contributed by atoms with Crippen molar-refractivity contribution < 1.29 is 19.3 Å². The minimum Gasteiger partial charge on any atom is -0.490 e. The van der Waals surface area contributed by atoms with E-state index < -0.39 is 0 Å². The summed E-state index contributed by atoms with van der Waals surface area (Å²) in [5, 5.41) is 9.50. The zero-order valence-electron chi connectivity index (χ0n) is 13.1. The van der Waals surface area contributed by atoms with Crippen LogP contribution in [0.25, 0.3) is 0 Å². The molecule has 1 saturated heterocycles. The van der Waals surface area contributed by atoms with Crippen molar-refractivity contribution in [3.05, 3.63) is 59.7 Å². The van der Waals surface area contributed by atoms with Gasteiger partial charge in [-0.05, 0) is 17.7 Å². The molecular formula is C19H22O4. The van der Waals surface area contributed by atoms with Crippen LogP contribution in [0.4, 0.5) is 0 Å². The van der Waals surface area contributed by atoms with Gasteiger partial charge < -0.3 is 19.3 Å². The fourth-order valence-corrected chi connectivity index (χ4v) is 2.58. The van der Waals surface area contributed by atoms with Gasteiger partial charge in [0, 0.05) is 24.5 Å². The van der Waals surface area contributed by atoms with E-state index in [4.69, 9.17) is 14.2 Å². The predicted molar refractivity (Wildman–Crippen MR) is 87.6 cm³/mol. The van der Waals surface area contributed by atoms with Gasteiger partial charge in [-0.15, -0.1) is 0 Å². The molecule has 1 heterocycles. The zero-order chi connectivity index (χ0) is 15.9. The van der Waals surface area contributed by atoms with E-state index >= 15 is 0 Å². The van der Waals surface area contributed by atoms with Crippen molar-refractivity contribution in [3.8, 4) is 11.5 Å². The first-order valence-corrected chi connectivity index (χ1v) is 8.00. The van der Waals surface area contributed by atoms with Crippen molar-refractivity contribution in [2.75, 3.05) is 13.2 Å². The Bertz CT molecular complexity index is 606. The third kappa shape index (κ3) is 4.47. The number of benzene rings is 2. The third-order valence-corrected chi connectivity index (χ3v) is 3.92. The molecule has 1 aliphatic rings. The van der Waals surface area contributed by atoms with E-state index in [0.717, 1.165) is 42.9 Å². The standard InChI is InChI=1S/C19H22O4/c20-13-16-6-7-18(22-14-15-4-2-1-3-5-15)12-19(16)23-17-8-10-21-11-9-17/h1-7,12,17,20H,8-11,13-14H2. The van der Waals surface area contributed by atoms with E-state index in [9.17, 15) is 5.11 Å². The Hall–Kier alpha value is -2.04. The molecule has 0 spiro atoms. The smallest absolute Gasteiger partial charge is 0.128 e. The first kappa shape index (κ1) is 15.8. The molecule has 23 heavy (non-hydrogen) atoms. The molecule has 0 bridgehead atoms. The zero-order valence-corrected chi connectivity index (χ0v) is 13.1. The van der Waals surface area contributed by atoms with Crippen LogP contribution in [0.15, 0.2) is 48.5 Å². The van der Waals surface area contributed by atoms with Crippen LogP contribution >= 0.6 is 0 Å². The van der Waals surface area contributed by atoms with Crippen LogP contribution < -0.4 is 9.47 Å². The summed E-state index contributed by atoms with van der Waals surface area (Å²) < 4.78 is 17.2. The van der Waals surface area contributed by atoms with Crippen LogP contribution in [-0.2, 0) is 18.0 Å². The van der Waals surface area contributed by atoms with Crippen LogP contribution in [0.5, 0.6) is 11.5 Å². The predicted octanol–water partition coefficient (Wildman–Crippen LogP) is 3.32. The Morgan fingerprint density at radius 1 is 1.04 bits per heavy atom. The second kappa shape index (κ2) is 7.99. The highest BCUT2D eigenvalue weighted by Gasteiger charge is 2.17. The fraction of sp³-hybridized carbons (Fsp3) is 0.368. The summed E-state index contributed by atoms with van der Waals surface area (Å²) in [6, 6.07) is 15.6. The molecule has 1 aliphatic heterocycles. The normalized spacial score (nSPS) is 15.3. The van der Waals surface area contributed by atoms with Crippen LogP contribution in [0.2, 0.25) is 0 Å². The van der Waals surface area contributed by atoms with Gasteiger partial charge in [-0.3, -0.25) is 0 Å². The number of aliphatic hydroxyl groups excluding tert-OH is 1. The Kier molecular flexibility index (Phi) is 5.51. The minimum absolute atomic E-state index is 0.0441. The van der Waals surface area contributed by atoms with E-state index in [0.29, 0.717) is 12.4 Å². The van der Waals surface area contributed by atoms with Gasteiger partial charge in [-0.25, -0.2) is 0 Å². The van der Waals surface area contributed by atoms with Crippen molar-refractivity contribution in [1.29, 1.82) is 0 Å². The van der Waals surface area contributed by atoms with Crippen molar-refractivity contribution in [1.82, 2.24) is 0 Å². The number of aliphatic hydroxyl groups is 1. The maximum Gasteiger partial charge on any atom is 0.128 e. The molecule has 0 aromatic heterocycles. The van der Waals surface area contributed by atoms with E-state index in [1.165, 1.54) is 0 Å². The molecule has 4 heteroatoms. The highest BCUT2D eigenvalue weighted by molar-refractivity contribution is 5.40. The maximum absolute atomic E-state index is 9.50. The van der Waals surface area contributed by atoms with Crippen molar-refractivity contribution in [3.63, 3.8) is 0 Å². The lowest BCUT2D eigenvalue weighted by Gasteiger charge is -2.24. The Morgan fingerprint density at radius 3 is 2.57 bits per heavy atom. The topological polar surface area (TPSA) is 47.9 Å². The lowest BCUT2D eigenvalue weighted by atomic mass is 10.1. The first-order valence-electron chi connectivity index (χ1n) is 8.00. The van der Waals surface area contributed by atoms with Gasteiger partial charge in [-0.1, -0.05) is 30.3 Å². The van der Waals surface area contributed by atoms with Crippen LogP contribution in [0.1, 0.15) is 24.0 Å². The molecule has 0 saturated carbocycles. The van der Waals surface area contributed by atoms with Gasteiger partial charge >= 0.3 is 0 Å². The van der Waals surface area contributed by atoms with Gasteiger partial charge in [-0.2, -0.15) is 0 Å². The van der Waals surface area contributed by atoms with Gasteiger partial charge in [0.2, 0.25) is 0 Å². The molecule has 2 aromatic rings. The monoisotopic (exact) mass is 314 g/mol. The van der Waals surface area contributed by atoms with E-state index in [1.807, 2.05) is 48.5 Å². The minimum atomic E-state index is -0.0441. The second-order valence-corrected chi connectivity index (χ2v) is 5.63. The number of rotatable bonds is 6. The molecule has 1 fully saturated rings. The average Bonchev–Trinajstić information content (AvgIpc) is 2.62. The van der Waals surface area contributed by atoms with Crippen molar-refractivity contribution in [2.24, 2.45) is 0 Å². The second-order valence-electron chi connectivity index (χ2n) is 5.63. The summed E-state index contributed by atoms with van der Waals surface area (Å²) >= 11 is 0. The Labute approximate surface area is 136 Å². The van der Waals surface area contributed by atoms with Crippen LogP contribution in [0, 0.1) is 0 Å². The lowest BCUT2D eigenvalue weighted by molar-refractivity contribution is 0.0246. The van der Waals surface area contributed by atoms with Crippen LogP contribution in [-0.4, -0.2) is 24.4 Å². The Morgan fingerprint density at radius 2 is 1.83 bits per heavy atom. The molecule has 2 aromatic carbocycles. The number of ether oxygens (including phenoxy) is 3. The SMILES string of the molecule is OCc1ccc(OCc2ccccc2)cc1OC1CCOCC1. The molecule has 0 unspecified atom stereocenters. The molecule has 0 atom stereocenters. The molecule has 0 amide bonds. The fourth-order valence-electron chi connectivity index (χ4n) is 2.58. The van der Waals surface area contributed by atoms with Gasteiger partial charge in [0.15, 0.2) is 0 Å². The molecule has 3 rings (SSSR count). The van der Waals surface area contributed by atoms with Crippen molar-refractivity contribution in [2.45, 2.75) is 32.2 Å². The summed E-state index contributed by atoms with van der Waals surface area (Å²) in [5.74, 6) is 1.44. The quantitative estimate of drug-likeness (QED) is 0.888. The highest BCUT2D eigenvalue weighted by Crippen LogP contribution is 2.28. The summed E-state index contributed by atoms with van der Waals surface area (Å²) in [4.78, 5) is 0. The molecule has 4 nitrogen and oxygen atoms in total. The molecule has 122 valence electrons. The number of hydrogen-bond donors (Lipinski definition) is 1.